The number of hydrogen-bond acceptors (Lipinski definition) is 4. The van der Waals surface area contributed by atoms with Crippen molar-refractivity contribution in [3.63, 3.8) is 0 Å². The van der Waals surface area contributed by atoms with Gasteiger partial charge in [0.05, 0.1) is 17.1 Å². The van der Waals surface area contributed by atoms with Gasteiger partial charge in [0.1, 0.15) is 0 Å². The molecule has 0 saturated carbocycles. The van der Waals surface area contributed by atoms with Crippen LogP contribution in [0.5, 0.6) is 0 Å². The van der Waals surface area contributed by atoms with Crippen molar-refractivity contribution >= 4 is 5.69 Å². The van der Waals surface area contributed by atoms with Crippen molar-refractivity contribution < 1.29 is 15.1 Å². The lowest BCUT2D eigenvalue weighted by Gasteiger charge is -2.12. The molecule has 5 nitrogen and oxygen atoms in total. The Bertz CT molecular complexity index is 348. The van der Waals surface area contributed by atoms with Crippen LogP contribution in [0.4, 0.5) is 5.69 Å². The first-order chi connectivity index (χ1) is 7.50. The van der Waals surface area contributed by atoms with E-state index in [0.29, 0.717) is 12.8 Å². The maximum absolute atomic E-state index is 10.4. The zero-order valence-electron chi connectivity index (χ0n) is 9.04. The molecule has 1 aromatic rings. The SMILES string of the molecule is CC(O)C(O)CCc1ccc([N+](=O)[O-])cc1. The standard InChI is InChI=1S/C11H15NO4/c1-8(13)11(14)7-4-9-2-5-10(6-3-9)12(15)16/h2-3,5-6,8,11,13-14H,4,7H2,1H3. The molecule has 16 heavy (non-hydrogen) atoms. The highest BCUT2D eigenvalue weighted by atomic mass is 16.6. The fraction of sp³-hybridized carbons (Fsp3) is 0.455. The van der Waals surface area contributed by atoms with Crippen LogP contribution >= 0.6 is 0 Å². The molecule has 0 heterocycles. The Kier molecular flexibility index (Phi) is 4.39. The summed E-state index contributed by atoms with van der Waals surface area (Å²) in [5.74, 6) is 0. The van der Waals surface area contributed by atoms with Crippen LogP contribution < -0.4 is 0 Å². The molecule has 0 fully saturated rings. The van der Waals surface area contributed by atoms with Gasteiger partial charge in [0.25, 0.3) is 5.69 Å². The smallest absolute Gasteiger partial charge is 0.269 e. The Morgan fingerprint density at radius 3 is 2.31 bits per heavy atom. The van der Waals surface area contributed by atoms with E-state index >= 15 is 0 Å². The molecule has 0 aliphatic carbocycles. The first-order valence-corrected chi connectivity index (χ1v) is 5.10. The minimum Gasteiger partial charge on any atom is -0.391 e. The first-order valence-electron chi connectivity index (χ1n) is 5.10. The van der Waals surface area contributed by atoms with Crippen LogP contribution in [0.2, 0.25) is 0 Å². The van der Waals surface area contributed by atoms with Crippen LogP contribution in [-0.2, 0) is 6.42 Å². The Labute approximate surface area is 93.5 Å². The molecule has 0 spiro atoms. The normalized spacial score (nSPS) is 14.4. The monoisotopic (exact) mass is 225 g/mol. The average molecular weight is 225 g/mol. The van der Waals surface area contributed by atoms with E-state index in [1.54, 1.807) is 12.1 Å². The lowest BCUT2D eigenvalue weighted by molar-refractivity contribution is -0.384. The van der Waals surface area contributed by atoms with Gasteiger partial charge in [0.2, 0.25) is 0 Å². The van der Waals surface area contributed by atoms with Gasteiger partial charge in [-0.2, -0.15) is 0 Å². The van der Waals surface area contributed by atoms with Crippen LogP contribution in [0.25, 0.3) is 0 Å². The van der Waals surface area contributed by atoms with E-state index in [4.69, 9.17) is 5.11 Å². The van der Waals surface area contributed by atoms with Crippen molar-refractivity contribution in [3.05, 3.63) is 39.9 Å². The third-order valence-electron chi connectivity index (χ3n) is 2.43. The number of aliphatic hydroxyl groups is 2. The zero-order chi connectivity index (χ0) is 12.1. The molecule has 0 aliphatic rings. The highest BCUT2D eigenvalue weighted by Crippen LogP contribution is 2.14. The molecule has 2 N–H and O–H groups in total. The van der Waals surface area contributed by atoms with Crippen molar-refractivity contribution in [3.8, 4) is 0 Å². The number of aryl methyl sites for hydroxylation is 1. The number of non-ortho nitro benzene ring substituents is 1. The van der Waals surface area contributed by atoms with Crippen LogP contribution in [-0.4, -0.2) is 27.3 Å². The van der Waals surface area contributed by atoms with Crippen molar-refractivity contribution in [2.24, 2.45) is 0 Å². The number of nitro benzene ring substituents is 1. The molecular weight excluding hydrogens is 210 g/mol. The molecular formula is C11H15NO4. The third-order valence-corrected chi connectivity index (χ3v) is 2.43. The Balaban J connectivity index is 2.53. The minimum absolute atomic E-state index is 0.0554. The summed E-state index contributed by atoms with van der Waals surface area (Å²) in [6.07, 6.45) is -0.479. The first kappa shape index (κ1) is 12.6. The van der Waals surface area contributed by atoms with Gasteiger partial charge in [0, 0.05) is 12.1 Å². The predicted molar refractivity (Wildman–Crippen MR) is 59.1 cm³/mol. The molecule has 0 aliphatic heterocycles. The van der Waals surface area contributed by atoms with Crippen molar-refractivity contribution in [1.29, 1.82) is 0 Å². The molecule has 2 unspecified atom stereocenters. The largest absolute Gasteiger partial charge is 0.391 e. The second-order valence-electron chi connectivity index (χ2n) is 3.77. The van der Waals surface area contributed by atoms with Gasteiger partial charge < -0.3 is 10.2 Å². The van der Waals surface area contributed by atoms with E-state index in [1.807, 2.05) is 0 Å². The summed E-state index contributed by atoms with van der Waals surface area (Å²) in [6.45, 7) is 1.53. The Morgan fingerprint density at radius 1 is 1.31 bits per heavy atom. The van der Waals surface area contributed by atoms with Crippen molar-refractivity contribution in [1.82, 2.24) is 0 Å². The highest BCUT2D eigenvalue weighted by molar-refractivity contribution is 5.32. The maximum atomic E-state index is 10.4. The molecule has 1 aromatic carbocycles. The third kappa shape index (κ3) is 3.60. The summed E-state index contributed by atoms with van der Waals surface area (Å²) in [7, 11) is 0. The van der Waals surface area contributed by atoms with Crippen molar-refractivity contribution in [2.75, 3.05) is 0 Å². The van der Waals surface area contributed by atoms with E-state index in [9.17, 15) is 15.2 Å². The topological polar surface area (TPSA) is 83.6 Å². The number of benzene rings is 1. The van der Waals surface area contributed by atoms with Gasteiger partial charge in [-0.05, 0) is 25.3 Å². The minimum atomic E-state index is -0.754. The molecule has 0 aromatic heterocycles. The van der Waals surface area contributed by atoms with E-state index < -0.39 is 17.1 Å². The van der Waals surface area contributed by atoms with Gasteiger partial charge in [0.15, 0.2) is 0 Å². The van der Waals surface area contributed by atoms with E-state index in [2.05, 4.69) is 0 Å². The average Bonchev–Trinajstić information content (AvgIpc) is 2.26. The summed E-state index contributed by atoms with van der Waals surface area (Å²) < 4.78 is 0. The van der Waals surface area contributed by atoms with Crippen LogP contribution in [0.15, 0.2) is 24.3 Å². The summed E-state index contributed by atoms with van der Waals surface area (Å²) in [5, 5.41) is 28.8. The zero-order valence-corrected chi connectivity index (χ0v) is 9.04. The van der Waals surface area contributed by atoms with Crippen molar-refractivity contribution in [2.45, 2.75) is 32.0 Å². The summed E-state index contributed by atoms with van der Waals surface area (Å²) in [4.78, 5) is 9.95. The maximum Gasteiger partial charge on any atom is 0.269 e. The predicted octanol–water partition coefficient (Wildman–Crippen LogP) is 1.27. The Morgan fingerprint density at radius 2 is 1.88 bits per heavy atom. The molecule has 0 bridgehead atoms. The fourth-order valence-corrected chi connectivity index (χ4v) is 1.34. The van der Waals surface area contributed by atoms with Crippen LogP contribution in [0.1, 0.15) is 18.9 Å². The number of aliphatic hydroxyl groups excluding tert-OH is 2. The van der Waals surface area contributed by atoms with Gasteiger partial charge in [-0.3, -0.25) is 10.1 Å². The number of hydrogen-bond donors (Lipinski definition) is 2. The molecule has 0 radical (unpaired) electrons. The molecule has 0 saturated heterocycles. The van der Waals surface area contributed by atoms with Crippen LogP contribution in [0.3, 0.4) is 0 Å². The Hall–Kier alpha value is -1.46. The molecule has 88 valence electrons. The molecule has 1 rings (SSSR count). The van der Waals surface area contributed by atoms with Gasteiger partial charge in [-0.1, -0.05) is 12.1 Å². The lowest BCUT2D eigenvalue weighted by Crippen LogP contribution is -2.22. The summed E-state index contributed by atoms with van der Waals surface area (Å²) in [5.41, 5.74) is 0.963. The van der Waals surface area contributed by atoms with Gasteiger partial charge in [-0.25, -0.2) is 0 Å². The van der Waals surface area contributed by atoms with E-state index in [0.717, 1.165) is 5.56 Å². The van der Waals surface area contributed by atoms with E-state index in [1.165, 1.54) is 19.1 Å². The van der Waals surface area contributed by atoms with Gasteiger partial charge >= 0.3 is 0 Å². The highest BCUT2D eigenvalue weighted by Gasteiger charge is 2.11. The lowest BCUT2D eigenvalue weighted by atomic mass is 10.0. The van der Waals surface area contributed by atoms with Crippen LogP contribution in [0, 0.1) is 10.1 Å². The second-order valence-corrected chi connectivity index (χ2v) is 3.77. The number of nitro groups is 1. The van der Waals surface area contributed by atoms with E-state index in [-0.39, 0.29) is 5.69 Å². The molecule has 5 heteroatoms. The summed E-state index contributed by atoms with van der Waals surface area (Å²) >= 11 is 0. The number of nitrogens with zero attached hydrogens (tertiary/aromatic N) is 1. The number of rotatable bonds is 5. The summed E-state index contributed by atoms with van der Waals surface area (Å²) in [6, 6.07) is 6.19. The molecule has 2 atom stereocenters. The fourth-order valence-electron chi connectivity index (χ4n) is 1.34. The molecule has 0 amide bonds. The quantitative estimate of drug-likeness (QED) is 0.583. The second kappa shape index (κ2) is 5.58. The van der Waals surface area contributed by atoms with Gasteiger partial charge in [-0.15, -0.1) is 0 Å².